The third-order valence-corrected chi connectivity index (χ3v) is 2.79. The van der Waals surface area contributed by atoms with Gasteiger partial charge >= 0.3 is 0 Å². The monoisotopic (exact) mass is 220 g/mol. The maximum atomic E-state index is 9.99. The van der Waals surface area contributed by atoms with Gasteiger partial charge in [-0.25, -0.2) is 4.98 Å². The molecule has 2 aromatic heterocycles. The van der Waals surface area contributed by atoms with Crippen molar-refractivity contribution in [1.82, 2.24) is 19.3 Å². The van der Waals surface area contributed by atoms with E-state index in [1.54, 1.807) is 18.7 Å². The molecule has 0 saturated heterocycles. The van der Waals surface area contributed by atoms with Crippen molar-refractivity contribution in [3.8, 4) is 0 Å². The summed E-state index contributed by atoms with van der Waals surface area (Å²) in [6.07, 6.45) is 6.19. The van der Waals surface area contributed by atoms with E-state index in [1.807, 2.05) is 29.4 Å². The lowest BCUT2D eigenvalue weighted by Crippen LogP contribution is -2.06. The first kappa shape index (κ1) is 10.9. The highest BCUT2D eigenvalue weighted by molar-refractivity contribution is 5.05. The van der Waals surface area contributed by atoms with E-state index < -0.39 is 6.10 Å². The van der Waals surface area contributed by atoms with Crippen molar-refractivity contribution in [3.05, 3.63) is 36.2 Å². The van der Waals surface area contributed by atoms with E-state index in [0.717, 1.165) is 17.8 Å². The van der Waals surface area contributed by atoms with E-state index in [-0.39, 0.29) is 0 Å². The van der Waals surface area contributed by atoms with Gasteiger partial charge in [0, 0.05) is 26.0 Å². The number of nitrogens with zero attached hydrogens (tertiary/aromatic N) is 4. The van der Waals surface area contributed by atoms with Gasteiger partial charge in [-0.2, -0.15) is 5.10 Å². The summed E-state index contributed by atoms with van der Waals surface area (Å²) in [6.45, 7) is 0. The fraction of sp³-hybridized carbons (Fsp3) is 0.455. The molecule has 0 aliphatic rings. The van der Waals surface area contributed by atoms with Gasteiger partial charge in [0.2, 0.25) is 0 Å². The Kier molecular flexibility index (Phi) is 3.05. The Morgan fingerprint density at radius 1 is 1.44 bits per heavy atom. The summed E-state index contributed by atoms with van der Waals surface area (Å²) in [7, 11) is 3.79. The van der Waals surface area contributed by atoms with Crippen LogP contribution in [0.1, 0.15) is 23.9 Å². The SMILES string of the molecule is Cn1cncc1C(O)CCc1ccnn1C. The zero-order valence-electron chi connectivity index (χ0n) is 9.54. The van der Waals surface area contributed by atoms with E-state index in [4.69, 9.17) is 0 Å². The summed E-state index contributed by atoms with van der Waals surface area (Å²) < 4.78 is 3.67. The van der Waals surface area contributed by atoms with E-state index in [2.05, 4.69) is 10.1 Å². The summed E-state index contributed by atoms with van der Waals surface area (Å²) in [5, 5.41) is 14.1. The lowest BCUT2D eigenvalue weighted by atomic mass is 10.1. The molecule has 0 aliphatic heterocycles. The van der Waals surface area contributed by atoms with Gasteiger partial charge < -0.3 is 9.67 Å². The van der Waals surface area contributed by atoms with Gasteiger partial charge in [0.1, 0.15) is 0 Å². The molecule has 2 heterocycles. The molecule has 0 amide bonds. The second kappa shape index (κ2) is 4.49. The third-order valence-electron chi connectivity index (χ3n) is 2.79. The Balaban J connectivity index is 1.97. The van der Waals surface area contributed by atoms with Gasteiger partial charge in [-0.3, -0.25) is 4.68 Å². The lowest BCUT2D eigenvalue weighted by Gasteiger charge is -2.10. The number of hydrogen-bond acceptors (Lipinski definition) is 3. The second-order valence-electron chi connectivity index (χ2n) is 3.93. The van der Waals surface area contributed by atoms with Crippen LogP contribution >= 0.6 is 0 Å². The number of aromatic nitrogens is 4. The van der Waals surface area contributed by atoms with Gasteiger partial charge in [-0.05, 0) is 18.9 Å². The standard InChI is InChI=1S/C11H16N4O/c1-14-8-12-7-10(14)11(16)4-3-9-5-6-13-15(9)2/h5-8,11,16H,3-4H2,1-2H3. The summed E-state index contributed by atoms with van der Waals surface area (Å²) in [6, 6.07) is 1.97. The molecule has 0 radical (unpaired) electrons. The topological polar surface area (TPSA) is 55.9 Å². The van der Waals surface area contributed by atoms with Crippen molar-refractivity contribution in [3.63, 3.8) is 0 Å². The number of hydrogen-bond donors (Lipinski definition) is 1. The van der Waals surface area contributed by atoms with E-state index in [1.165, 1.54) is 0 Å². The Hall–Kier alpha value is -1.62. The quantitative estimate of drug-likeness (QED) is 0.830. The first-order valence-electron chi connectivity index (χ1n) is 5.29. The van der Waals surface area contributed by atoms with Gasteiger partial charge in [0.15, 0.2) is 0 Å². The van der Waals surface area contributed by atoms with Crippen molar-refractivity contribution in [2.24, 2.45) is 14.1 Å². The van der Waals surface area contributed by atoms with Crippen LogP contribution in [0.3, 0.4) is 0 Å². The largest absolute Gasteiger partial charge is 0.387 e. The molecule has 0 bridgehead atoms. The summed E-state index contributed by atoms with van der Waals surface area (Å²) in [4.78, 5) is 3.99. The molecule has 0 saturated carbocycles. The average Bonchev–Trinajstić information content (AvgIpc) is 2.84. The molecule has 0 aromatic carbocycles. The number of aliphatic hydroxyl groups excluding tert-OH is 1. The Morgan fingerprint density at radius 2 is 2.25 bits per heavy atom. The smallest absolute Gasteiger partial charge is 0.0959 e. The van der Waals surface area contributed by atoms with Gasteiger partial charge in [-0.15, -0.1) is 0 Å². The van der Waals surface area contributed by atoms with Gasteiger partial charge in [0.05, 0.1) is 24.3 Å². The van der Waals surface area contributed by atoms with Crippen molar-refractivity contribution in [2.75, 3.05) is 0 Å². The van der Waals surface area contributed by atoms with Crippen molar-refractivity contribution in [1.29, 1.82) is 0 Å². The number of rotatable bonds is 4. The number of imidazole rings is 1. The normalized spacial score (nSPS) is 12.9. The van der Waals surface area contributed by atoms with E-state index in [0.29, 0.717) is 6.42 Å². The molecular weight excluding hydrogens is 204 g/mol. The first-order valence-corrected chi connectivity index (χ1v) is 5.29. The minimum atomic E-state index is -0.470. The highest BCUT2D eigenvalue weighted by atomic mass is 16.3. The molecule has 86 valence electrons. The van der Waals surface area contributed by atoms with Gasteiger partial charge in [-0.1, -0.05) is 0 Å². The Bertz CT molecular complexity index is 460. The average molecular weight is 220 g/mol. The predicted molar refractivity (Wildman–Crippen MR) is 59.7 cm³/mol. The maximum Gasteiger partial charge on any atom is 0.0959 e. The summed E-state index contributed by atoms with van der Waals surface area (Å²) in [5.41, 5.74) is 1.98. The van der Waals surface area contributed by atoms with Crippen molar-refractivity contribution < 1.29 is 5.11 Å². The molecule has 0 spiro atoms. The molecular formula is C11H16N4O. The Morgan fingerprint density at radius 3 is 2.81 bits per heavy atom. The minimum Gasteiger partial charge on any atom is -0.387 e. The molecule has 0 aliphatic carbocycles. The van der Waals surface area contributed by atoms with Gasteiger partial charge in [0.25, 0.3) is 0 Å². The number of aliphatic hydroxyl groups is 1. The molecule has 1 atom stereocenters. The molecule has 1 N–H and O–H groups in total. The van der Waals surface area contributed by atoms with Crippen LogP contribution in [0.4, 0.5) is 0 Å². The highest BCUT2D eigenvalue weighted by Crippen LogP contribution is 2.17. The predicted octanol–water partition coefficient (Wildman–Crippen LogP) is 0.820. The van der Waals surface area contributed by atoms with Crippen molar-refractivity contribution in [2.45, 2.75) is 18.9 Å². The fourth-order valence-electron chi connectivity index (χ4n) is 1.77. The first-order chi connectivity index (χ1) is 7.68. The molecule has 2 aromatic rings. The van der Waals surface area contributed by atoms with Crippen LogP contribution in [0.2, 0.25) is 0 Å². The molecule has 1 unspecified atom stereocenters. The van der Waals surface area contributed by atoms with Crippen LogP contribution in [-0.4, -0.2) is 24.4 Å². The second-order valence-corrected chi connectivity index (χ2v) is 3.93. The molecule has 2 rings (SSSR count). The minimum absolute atomic E-state index is 0.470. The molecule has 5 heteroatoms. The van der Waals surface area contributed by atoms with Crippen LogP contribution in [0, 0.1) is 0 Å². The summed E-state index contributed by atoms with van der Waals surface area (Å²) >= 11 is 0. The van der Waals surface area contributed by atoms with Crippen LogP contribution < -0.4 is 0 Å². The summed E-state index contributed by atoms with van der Waals surface area (Å²) in [5.74, 6) is 0. The molecule has 16 heavy (non-hydrogen) atoms. The van der Waals surface area contributed by atoms with Crippen LogP contribution in [-0.2, 0) is 20.5 Å². The fourth-order valence-corrected chi connectivity index (χ4v) is 1.77. The Labute approximate surface area is 94.4 Å². The molecule has 5 nitrogen and oxygen atoms in total. The van der Waals surface area contributed by atoms with E-state index in [9.17, 15) is 5.11 Å². The number of aryl methyl sites for hydroxylation is 3. The van der Waals surface area contributed by atoms with Crippen molar-refractivity contribution >= 4 is 0 Å². The van der Waals surface area contributed by atoms with Crippen LogP contribution in [0.25, 0.3) is 0 Å². The lowest BCUT2D eigenvalue weighted by molar-refractivity contribution is 0.159. The third kappa shape index (κ3) is 2.14. The maximum absolute atomic E-state index is 9.99. The van der Waals surface area contributed by atoms with Crippen LogP contribution in [0.5, 0.6) is 0 Å². The zero-order chi connectivity index (χ0) is 11.5. The zero-order valence-corrected chi connectivity index (χ0v) is 9.54. The van der Waals surface area contributed by atoms with Crippen LogP contribution in [0.15, 0.2) is 24.8 Å². The highest BCUT2D eigenvalue weighted by Gasteiger charge is 2.12. The van der Waals surface area contributed by atoms with E-state index >= 15 is 0 Å². The molecule has 0 fully saturated rings.